The zero-order chi connectivity index (χ0) is 15.8. The minimum Gasteiger partial charge on any atom is -0.382 e. The lowest BCUT2D eigenvalue weighted by Crippen LogP contribution is -2.19. The van der Waals surface area contributed by atoms with Crippen LogP contribution in [0, 0.1) is 6.92 Å². The normalized spacial score (nSPS) is 11.6. The summed E-state index contributed by atoms with van der Waals surface area (Å²) < 4.78 is 25.6. The zero-order valence-corrected chi connectivity index (χ0v) is 13.5. The molecule has 0 fully saturated rings. The Morgan fingerprint density at radius 3 is 2.57 bits per heavy atom. The monoisotopic (exact) mass is 308 g/mol. The quantitative estimate of drug-likeness (QED) is 0.928. The van der Waals surface area contributed by atoms with Crippen LogP contribution >= 0.6 is 0 Å². The summed E-state index contributed by atoms with van der Waals surface area (Å²) in [6, 6.07) is 7.60. The van der Waals surface area contributed by atoms with E-state index in [0.29, 0.717) is 12.4 Å². The Hall–Kier alpha value is -2.02. The van der Waals surface area contributed by atoms with Crippen molar-refractivity contribution >= 4 is 21.5 Å². The lowest BCUT2D eigenvalue weighted by molar-refractivity contribution is 0.602. The number of sulfone groups is 1. The highest BCUT2D eigenvalue weighted by molar-refractivity contribution is 7.91. The largest absolute Gasteiger partial charge is 0.382 e. The van der Waals surface area contributed by atoms with Crippen molar-refractivity contribution < 1.29 is 8.42 Å². The van der Waals surface area contributed by atoms with Gasteiger partial charge >= 0.3 is 0 Å². The molecule has 1 heterocycles. The molecule has 0 saturated heterocycles. The third-order valence-corrected chi connectivity index (χ3v) is 4.44. The first-order valence-electron chi connectivity index (χ1n) is 6.62. The molecular formula is C14H20N4O2S. The number of aryl methyl sites for hydroxylation is 1. The van der Waals surface area contributed by atoms with Gasteiger partial charge in [0.2, 0.25) is 0 Å². The van der Waals surface area contributed by atoms with Crippen molar-refractivity contribution in [1.82, 2.24) is 9.78 Å². The number of rotatable bonds is 4. The molecule has 0 aliphatic rings. The van der Waals surface area contributed by atoms with Crippen LogP contribution in [-0.2, 0) is 9.84 Å². The van der Waals surface area contributed by atoms with Crippen LogP contribution in [0.25, 0.3) is 5.69 Å². The van der Waals surface area contributed by atoms with Gasteiger partial charge in [-0.2, -0.15) is 0 Å². The summed E-state index contributed by atoms with van der Waals surface area (Å²) in [5.41, 5.74) is 7.85. The zero-order valence-electron chi connectivity index (χ0n) is 12.7. The smallest absolute Gasteiger partial charge is 0.182 e. The lowest BCUT2D eigenvalue weighted by Gasteiger charge is -2.14. The highest BCUT2D eigenvalue weighted by Crippen LogP contribution is 2.31. The maximum Gasteiger partial charge on any atom is 0.182 e. The van der Waals surface area contributed by atoms with Crippen LogP contribution in [-0.4, -0.2) is 38.0 Å². The second-order valence-corrected chi connectivity index (χ2v) is 7.03. The van der Waals surface area contributed by atoms with E-state index in [0.717, 1.165) is 17.5 Å². The minimum atomic E-state index is -3.47. The summed E-state index contributed by atoms with van der Waals surface area (Å²) in [7, 11) is -1.68. The molecule has 2 rings (SSSR count). The van der Waals surface area contributed by atoms with Crippen molar-refractivity contribution in [3.8, 4) is 5.69 Å². The van der Waals surface area contributed by atoms with E-state index in [9.17, 15) is 8.42 Å². The lowest BCUT2D eigenvalue weighted by atomic mass is 10.2. The van der Waals surface area contributed by atoms with E-state index in [1.54, 1.807) is 11.9 Å². The third kappa shape index (κ3) is 2.87. The van der Waals surface area contributed by atoms with Crippen LogP contribution in [0.4, 0.5) is 11.6 Å². The van der Waals surface area contributed by atoms with Gasteiger partial charge in [0, 0.05) is 19.8 Å². The molecule has 0 atom stereocenters. The van der Waals surface area contributed by atoms with E-state index in [2.05, 4.69) is 5.10 Å². The highest BCUT2D eigenvalue weighted by atomic mass is 32.2. The first kappa shape index (κ1) is 15.4. The molecular weight excluding hydrogens is 288 g/mol. The Kier molecular flexibility index (Phi) is 3.95. The van der Waals surface area contributed by atoms with Gasteiger partial charge in [-0.05, 0) is 31.5 Å². The second-order valence-electron chi connectivity index (χ2n) is 5.08. The van der Waals surface area contributed by atoms with Gasteiger partial charge in [-0.1, -0.05) is 12.1 Å². The molecule has 7 heteroatoms. The van der Waals surface area contributed by atoms with Crippen molar-refractivity contribution in [3.05, 3.63) is 29.8 Å². The van der Waals surface area contributed by atoms with Crippen LogP contribution < -0.4 is 10.6 Å². The summed E-state index contributed by atoms with van der Waals surface area (Å²) >= 11 is 0. The van der Waals surface area contributed by atoms with Gasteiger partial charge in [0.1, 0.15) is 5.82 Å². The number of nitrogens with two attached hydrogens (primary N) is 1. The molecule has 6 nitrogen and oxygen atoms in total. The fourth-order valence-corrected chi connectivity index (χ4v) is 3.11. The van der Waals surface area contributed by atoms with Gasteiger partial charge < -0.3 is 10.6 Å². The van der Waals surface area contributed by atoms with Crippen molar-refractivity contribution in [1.29, 1.82) is 0 Å². The van der Waals surface area contributed by atoms with Crippen LogP contribution in [0.3, 0.4) is 0 Å². The van der Waals surface area contributed by atoms with Gasteiger partial charge in [0.15, 0.2) is 20.6 Å². The van der Waals surface area contributed by atoms with Crippen molar-refractivity contribution in [2.24, 2.45) is 0 Å². The minimum absolute atomic E-state index is 0.0772. The molecule has 0 spiro atoms. The van der Waals surface area contributed by atoms with E-state index in [4.69, 9.17) is 5.73 Å². The van der Waals surface area contributed by atoms with E-state index < -0.39 is 9.84 Å². The highest BCUT2D eigenvalue weighted by Gasteiger charge is 2.26. The van der Waals surface area contributed by atoms with Gasteiger partial charge in [0.05, 0.1) is 5.69 Å². The van der Waals surface area contributed by atoms with Crippen molar-refractivity contribution in [3.63, 3.8) is 0 Å². The topological polar surface area (TPSA) is 81.2 Å². The van der Waals surface area contributed by atoms with Gasteiger partial charge in [0.25, 0.3) is 0 Å². The Labute approximate surface area is 125 Å². The van der Waals surface area contributed by atoms with Gasteiger partial charge in [-0.15, -0.1) is 5.10 Å². The number of aromatic nitrogens is 2. The number of benzene rings is 1. The fraction of sp³-hybridized carbons (Fsp3) is 0.357. The van der Waals surface area contributed by atoms with E-state index in [1.807, 2.05) is 38.1 Å². The first-order valence-corrected chi connectivity index (χ1v) is 8.51. The molecule has 2 aromatic rings. The number of nitrogens with zero attached hydrogens (tertiary/aromatic N) is 3. The average Bonchev–Trinajstić information content (AvgIpc) is 2.75. The number of anilines is 2. The van der Waals surface area contributed by atoms with E-state index in [1.165, 1.54) is 4.68 Å². The molecule has 1 aromatic heterocycles. The molecule has 0 aliphatic carbocycles. The van der Waals surface area contributed by atoms with Crippen LogP contribution in [0.2, 0.25) is 0 Å². The van der Waals surface area contributed by atoms with Gasteiger partial charge in [-0.3, -0.25) is 0 Å². The summed E-state index contributed by atoms with van der Waals surface area (Å²) in [4.78, 5) is 1.84. The summed E-state index contributed by atoms with van der Waals surface area (Å²) in [6.07, 6.45) is 1.15. The fourth-order valence-electron chi connectivity index (χ4n) is 2.12. The molecule has 114 valence electrons. The molecule has 0 aliphatic heterocycles. The second kappa shape index (κ2) is 5.40. The first-order chi connectivity index (χ1) is 9.75. The maximum atomic E-state index is 12.0. The number of hydrogen-bond donors (Lipinski definition) is 1. The van der Waals surface area contributed by atoms with Crippen LogP contribution in [0.1, 0.15) is 12.5 Å². The number of hydrogen-bond acceptors (Lipinski definition) is 5. The van der Waals surface area contributed by atoms with Gasteiger partial charge in [-0.25, -0.2) is 13.1 Å². The summed E-state index contributed by atoms with van der Waals surface area (Å²) in [6.45, 7) is 4.51. The molecule has 0 unspecified atom stereocenters. The van der Waals surface area contributed by atoms with Crippen LogP contribution in [0.15, 0.2) is 29.2 Å². The van der Waals surface area contributed by atoms with E-state index >= 15 is 0 Å². The molecule has 0 saturated carbocycles. The Bertz CT molecular complexity index is 765. The molecule has 21 heavy (non-hydrogen) atoms. The van der Waals surface area contributed by atoms with Crippen molar-refractivity contribution in [2.45, 2.75) is 18.7 Å². The van der Waals surface area contributed by atoms with Crippen LogP contribution in [0.5, 0.6) is 0 Å². The summed E-state index contributed by atoms with van der Waals surface area (Å²) in [5, 5.41) is 4.40. The standard InChI is InChI=1S/C14H20N4O2S/c1-5-17(3)14-12(21(4,19)20)13(15)18(16-14)11-8-6-7-10(2)9-11/h6-9H,5,15H2,1-4H3. The number of nitrogen functional groups attached to an aromatic ring is 1. The SMILES string of the molecule is CCN(C)c1nn(-c2cccc(C)c2)c(N)c1S(C)(=O)=O. The Morgan fingerprint density at radius 1 is 1.38 bits per heavy atom. The predicted octanol–water partition coefficient (Wildman–Crippen LogP) is 1.62. The molecule has 2 N–H and O–H groups in total. The molecule has 0 amide bonds. The third-order valence-electron chi connectivity index (χ3n) is 3.31. The average molecular weight is 308 g/mol. The summed E-state index contributed by atoms with van der Waals surface area (Å²) in [5.74, 6) is 0.511. The van der Waals surface area contributed by atoms with Crippen molar-refractivity contribution in [2.75, 3.05) is 30.5 Å². The molecule has 0 radical (unpaired) electrons. The molecule has 1 aromatic carbocycles. The molecule has 0 bridgehead atoms. The Morgan fingerprint density at radius 2 is 2.05 bits per heavy atom. The maximum absolute atomic E-state index is 12.0. The predicted molar refractivity (Wildman–Crippen MR) is 84.8 cm³/mol. The van der Waals surface area contributed by atoms with E-state index in [-0.39, 0.29) is 10.7 Å². The Balaban J connectivity index is 2.73.